The Morgan fingerprint density at radius 2 is 1.33 bits per heavy atom. The molecule has 1 aliphatic rings. The van der Waals surface area contributed by atoms with E-state index < -0.39 is 0 Å². The molecule has 1 nitrogen and oxygen atoms in total. The van der Waals surface area contributed by atoms with E-state index in [4.69, 9.17) is 0 Å². The van der Waals surface area contributed by atoms with E-state index in [1.165, 1.54) is 68.9 Å². The smallest absolute Gasteiger partial charge is 0.0574 e. The summed E-state index contributed by atoms with van der Waals surface area (Å²) in [5.41, 5.74) is 2.83. The van der Waals surface area contributed by atoms with Gasteiger partial charge in [-0.15, -0.1) is 0 Å². The summed E-state index contributed by atoms with van der Waals surface area (Å²) >= 11 is 0. The largest absolute Gasteiger partial charge is 0.393 e. The molecule has 1 atom stereocenters. The van der Waals surface area contributed by atoms with Gasteiger partial charge in [-0.1, -0.05) is 130 Å². The van der Waals surface area contributed by atoms with Crippen LogP contribution in [0.4, 0.5) is 0 Å². The zero-order valence-electron chi connectivity index (χ0n) is 20.2. The van der Waals surface area contributed by atoms with Gasteiger partial charge in [0.1, 0.15) is 0 Å². The van der Waals surface area contributed by atoms with Crippen LogP contribution in [0.1, 0.15) is 138 Å². The van der Waals surface area contributed by atoms with Crippen molar-refractivity contribution in [2.24, 2.45) is 0 Å². The number of aliphatic hydroxyl groups is 1. The summed E-state index contributed by atoms with van der Waals surface area (Å²) in [5, 5.41) is 9.74. The lowest BCUT2D eigenvalue weighted by molar-refractivity contribution is 0.163. The highest BCUT2D eigenvalue weighted by atomic mass is 16.3. The summed E-state index contributed by atoms with van der Waals surface area (Å²) in [7, 11) is 0. The van der Waals surface area contributed by atoms with Crippen LogP contribution in [0, 0.1) is 0 Å². The third-order valence-corrected chi connectivity index (χ3v) is 4.30. The molecule has 1 heteroatoms. The maximum absolute atomic E-state index is 9.74. The van der Waals surface area contributed by atoms with Crippen LogP contribution >= 0.6 is 0 Å². The minimum atomic E-state index is -0.127. The van der Waals surface area contributed by atoms with E-state index in [2.05, 4.69) is 47.3 Å². The van der Waals surface area contributed by atoms with Crippen LogP contribution in [0.15, 0.2) is 23.8 Å². The van der Waals surface area contributed by atoms with Crippen molar-refractivity contribution in [3.63, 3.8) is 0 Å². The van der Waals surface area contributed by atoms with Gasteiger partial charge in [0.25, 0.3) is 0 Å². The maximum atomic E-state index is 9.74. The van der Waals surface area contributed by atoms with Crippen LogP contribution in [0.25, 0.3) is 0 Å². The van der Waals surface area contributed by atoms with Gasteiger partial charge in [-0.3, -0.25) is 0 Å². The quantitative estimate of drug-likeness (QED) is 0.294. The predicted octanol–water partition coefficient (Wildman–Crippen LogP) is 9.40. The fourth-order valence-electron chi connectivity index (χ4n) is 2.74. The summed E-state index contributed by atoms with van der Waals surface area (Å²) < 4.78 is 0. The average Bonchev–Trinajstić information content (AvgIpc) is 3.09. The van der Waals surface area contributed by atoms with E-state index in [-0.39, 0.29) is 6.10 Å². The van der Waals surface area contributed by atoms with Crippen LogP contribution in [0.5, 0.6) is 0 Å². The van der Waals surface area contributed by atoms with Crippen LogP contribution < -0.4 is 0 Å². The topological polar surface area (TPSA) is 20.2 Å². The Balaban J connectivity index is -0.000000402. The minimum absolute atomic E-state index is 0.127. The fourth-order valence-corrected chi connectivity index (χ4v) is 2.74. The fraction of sp³-hybridized carbons (Fsp3) is 0.846. The van der Waals surface area contributed by atoms with Gasteiger partial charge in [-0.25, -0.2) is 0 Å². The third-order valence-electron chi connectivity index (χ3n) is 4.30. The highest BCUT2D eigenvalue weighted by molar-refractivity contribution is 5.20. The Hall–Kier alpha value is -0.560. The van der Waals surface area contributed by atoms with E-state index in [1.807, 2.05) is 13.8 Å². The number of aliphatic hydroxyl groups excluding tert-OH is 1. The van der Waals surface area contributed by atoms with Crippen molar-refractivity contribution in [1.29, 1.82) is 0 Å². The summed E-state index contributed by atoms with van der Waals surface area (Å²) in [6.45, 7) is 18.9. The van der Waals surface area contributed by atoms with Crippen LogP contribution in [-0.2, 0) is 0 Å². The summed E-state index contributed by atoms with van der Waals surface area (Å²) in [6, 6.07) is 0. The minimum Gasteiger partial charge on any atom is -0.393 e. The van der Waals surface area contributed by atoms with E-state index in [1.54, 1.807) is 0 Å². The lowest BCUT2D eigenvalue weighted by Gasteiger charge is -2.07. The van der Waals surface area contributed by atoms with Crippen molar-refractivity contribution in [3.05, 3.63) is 23.8 Å². The molecule has 1 rings (SSSR count). The second-order valence-electron chi connectivity index (χ2n) is 7.44. The molecule has 1 fully saturated rings. The highest BCUT2D eigenvalue weighted by Gasteiger charge is 2.10. The Bertz CT molecular complexity index is 299. The number of hydrogen-bond acceptors (Lipinski definition) is 1. The van der Waals surface area contributed by atoms with Crippen molar-refractivity contribution in [2.45, 2.75) is 144 Å². The van der Waals surface area contributed by atoms with Crippen molar-refractivity contribution in [3.8, 4) is 0 Å². The molecule has 1 saturated carbocycles. The zero-order valence-corrected chi connectivity index (χ0v) is 20.2. The van der Waals surface area contributed by atoms with Crippen molar-refractivity contribution in [1.82, 2.24) is 0 Å². The summed E-state index contributed by atoms with van der Waals surface area (Å²) in [6.07, 6.45) is 19.2. The van der Waals surface area contributed by atoms with Gasteiger partial charge in [0.2, 0.25) is 0 Å². The zero-order chi connectivity index (χ0) is 21.3. The first-order chi connectivity index (χ1) is 13.0. The van der Waals surface area contributed by atoms with Crippen LogP contribution in [0.2, 0.25) is 0 Å². The molecule has 0 spiro atoms. The Morgan fingerprint density at radius 1 is 0.852 bits per heavy atom. The van der Waals surface area contributed by atoms with Gasteiger partial charge < -0.3 is 5.11 Å². The Labute approximate surface area is 173 Å². The molecule has 164 valence electrons. The first-order valence-electron chi connectivity index (χ1n) is 12.1. The number of allylic oxidation sites excluding steroid dienone is 2. The second kappa shape index (κ2) is 27.7. The molecule has 0 amide bonds. The Kier molecular flexibility index (Phi) is 31.9. The van der Waals surface area contributed by atoms with Gasteiger partial charge in [0, 0.05) is 0 Å². The molecule has 0 aromatic heterocycles. The number of unbranched alkanes of at least 4 members (excludes halogenated alkanes) is 6. The van der Waals surface area contributed by atoms with E-state index >= 15 is 0 Å². The molecule has 0 bridgehead atoms. The van der Waals surface area contributed by atoms with Gasteiger partial charge in [0.05, 0.1) is 6.10 Å². The SMILES string of the molecule is C=C1CC/C(=C/CC(O)CCCCC)C1.CC.CCC.CCCCCCC. The second-order valence-corrected chi connectivity index (χ2v) is 7.44. The van der Waals surface area contributed by atoms with Gasteiger partial charge in [-0.2, -0.15) is 0 Å². The molecule has 0 aromatic rings. The first-order valence-corrected chi connectivity index (χ1v) is 12.1. The standard InChI is InChI=1S/C14H24O.C7H16.C3H8.C2H6/c1-3-4-5-6-14(15)10-9-13-8-7-12(2)11-13;1-3-5-7-6-4-2;1-3-2;1-2/h9,14-15H,2-8,10-11H2,1H3;3-7H2,1-2H3;3H2,1-2H3;1-2H3/b13-9-;;;. The molecule has 1 N–H and O–H groups in total. The molecule has 1 unspecified atom stereocenters. The molecular weight excluding hydrogens is 328 g/mol. The van der Waals surface area contributed by atoms with Crippen molar-refractivity contribution in [2.75, 3.05) is 0 Å². The maximum Gasteiger partial charge on any atom is 0.0574 e. The molecule has 0 aliphatic heterocycles. The monoisotopic (exact) mass is 382 g/mol. The van der Waals surface area contributed by atoms with Gasteiger partial charge in [0.15, 0.2) is 0 Å². The lowest BCUT2D eigenvalue weighted by Crippen LogP contribution is -2.04. The van der Waals surface area contributed by atoms with Crippen molar-refractivity contribution < 1.29 is 5.11 Å². The summed E-state index contributed by atoms with van der Waals surface area (Å²) in [5.74, 6) is 0. The average molecular weight is 383 g/mol. The van der Waals surface area contributed by atoms with Gasteiger partial charge in [-0.05, 0) is 32.1 Å². The molecule has 1 aliphatic carbocycles. The highest BCUT2D eigenvalue weighted by Crippen LogP contribution is 2.28. The predicted molar refractivity (Wildman–Crippen MR) is 128 cm³/mol. The van der Waals surface area contributed by atoms with Gasteiger partial charge >= 0.3 is 0 Å². The first kappa shape index (κ1) is 31.1. The van der Waals surface area contributed by atoms with E-state index in [0.717, 1.165) is 32.1 Å². The Morgan fingerprint density at radius 3 is 1.74 bits per heavy atom. The van der Waals surface area contributed by atoms with Crippen LogP contribution in [0.3, 0.4) is 0 Å². The molecule has 0 heterocycles. The van der Waals surface area contributed by atoms with E-state index in [0.29, 0.717) is 0 Å². The normalized spacial score (nSPS) is 15.1. The molecular formula is C26H54O. The van der Waals surface area contributed by atoms with Crippen LogP contribution in [-0.4, -0.2) is 11.2 Å². The summed E-state index contributed by atoms with van der Waals surface area (Å²) in [4.78, 5) is 0. The number of rotatable bonds is 10. The molecule has 0 aromatic carbocycles. The molecule has 27 heavy (non-hydrogen) atoms. The molecule has 0 saturated heterocycles. The van der Waals surface area contributed by atoms with E-state index in [9.17, 15) is 5.11 Å². The third kappa shape index (κ3) is 27.8. The lowest BCUT2D eigenvalue weighted by atomic mass is 10.1. The number of hydrogen-bond donors (Lipinski definition) is 1. The molecule has 0 radical (unpaired) electrons. The van der Waals surface area contributed by atoms with Crippen molar-refractivity contribution >= 4 is 0 Å².